The van der Waals surface area contributed by atoms with Gasteiger partial charge in [0.25, 0.3) is 0 Å². The van der Waals surface area contributed by atoms with Gasteiger partial charge < -0.3 is 5.11 Å². The van der Waals surface area contributed by atoms with E-state index in [0.717, 1.165) is 23.1 Å². The van der Waals surface area contributed by atoms with Crippen molar-refractivity contribution in [2.24, 2.45) is 0 Å². The molecular formula is C16H17NO2. The van der Waals surface area contributed by atoms with E-state index in [0.29, 0.717) is 0 Å². The molecular weight excluding hydrogens is 238 g/mol. The van der Waals surface area contributed by atoms with Crippen molar-refractivity contribution in [1.29, 1.82) is 0 Å². The van der Waals surface area contributed by atoms with Gasteiger partial charge >= 0.3 is 5.97 Å². The number of pyridine rings is 1. The third-order valence-electron chi connectivity index (χ3n) is 3.31. The monoisotopic (exact) mass is 255 g/mol. The smallest absolute Gasteiger partial charge is 0.303 e. The van der Waals surface area contributed by atoms with E-state index in [-0.39, 0.29) is 12.3 Å². The molecule has 0 aliphatic rings. The number of nitrogens with zero attached hydrogens (tertiary/aromatic N) is 1. The summed E-state index contributed by atoms with van der Waals surface area (Å²) in [5, 5.41) is 8.90. The molecule has 0 aliphatic carbocycles. The maximum Gasteiger partial charge on any atom is 0.303 e. The van der Waals surface area contributed by atoms with Crippen LogP contribution in [0.25, 0.3) is 11.1 Å². The van der Waals surface area contributed by atoms with Crippen LogP contribution >= 0.6 is 0 Å². The fraction of sp³-hybridized carbons (Fsp3) is 0.250. The van der Waals surface area contributed by atoms with E-state index in [9.17, 15) is 4.79 Å². The van der Waals surface area contributed by atoms with Crippen LogP contribution in [0.15, 0.2) is 48.8 Å². The van der Waals surface area contributed by atoms with Gasteiger partial charge in [0.05, 0.1) is 6.42 Å². The number of aromatic nitrogens is 1. The Balaban J connectivity index is 2.20. The number of hydrogen-bond donors (Lipinski definition) is 1. The van der Waals surface area contributed by atoms with Gasteiger partial charge in [-0.15, -0.1) is 0 Å². The third-order valence-corrected chi connectivity index (χ3v) is 3.31. The highest BCUT2D eigenvalue weighted by Gasteiger charge is 2.13. The predicted octanol–water partition coefficient (Wildman–Crippen LogP) is 3.72. The number of carboxylic acids is 1. The van der Waals surface area contributed by atoms with E-state index in [1.54, 1.807) is 12.4 Å². The molecule has 98 valence electrons. The minimum atomic E-state index is -0.745. The Bertz CT molecular complexity index is 534. The van der Waals surface area contributed by atoms with E-state index >= 15 is 0 Å². The average molecular weight is 255 g/mol. The second-order valence-corrected chi connectivity index (χ2v) is 4.56. The lowest BCUT2D eigenvalue weighted by molar-refractivity contribution is -0.137. The lowest BCUT2D eigenvalue weighted by atomic mass is 9.92. The van der Waals surface area contributed by atoms with Crippen molar-refractivity contribution in [3.8, 4) is 11.1 Å². The number of carboxylic acid groups (broad SMARTS) is 1. The van der Waals surface area contributed by atoms with Crippen LogP contribution in [0.1, 0.15) is 31.2 Å². The van der Waals surface area contributed by atoms with Gasteiger partial charge in [-0.3, -0.25) is 9.78 Å². The van der Waals surface area contributed by atoms with Crippen molar-refractivity contribution in [2.75, 3.05) is 0 Å². The molecule has 2 aromatic rings. The van der Waals surface area contributed by atoms with E-state index in [2.05, 4.69) is 4.98 Å². The van der Waals surface area contributed by atoms with E-state index in [4.69, 9.17) is 5.11 Å². The van der Waals surface area contributed by atoms with Gasteiger partial charge in [-0.25, -0.2) is 0 Å². The molecule has 0 aliphatic heterocycles. The Morgan fingerprint density at radius 2 is 1.68 bits per heavy atom. The second-order valence-electron chi connectivity index (χ2n) is 4.56. The fourth-order valence-electron chi connectivity index (χ4n) is 2.20. The molecule has 1 aromatic carbocycles. The third kappa shape index (κ3) is 3.41. The number of benzene rings is 1. The molecule has 0 fully saturated rings. The summed E-state index contributed by atoms with van der Waals surface area (Å²) in [7, 11) is 0. The van der Waals surface area contributed by atoms with Gasteiger partial charge in [-0.2, -0.15) is 0 Å². The molecule has 1 N–H and O–H groups in total. The summed E-state index contributed by atoms with van der Waals surface area (Å²) in [6.45, 7) is 2.02. The van der Waals surface area contributed by atoms with Crippen LogP contribution in [0.3, 0.4) is 0 Å². The normalized spacial score (nSPS) is 12.1. The number of aliphatic carboxylic acids is 1. The standard InChI is InChI=1S/C16H17NO2/c1-2-12(11-16(18)19)13-3-5-14(6-4-13)15-7-9-17-10-8-15/h3-10,12H,2,11H2,1H3,(H,18,19). The summed E-state index contributed by atoms with van der Waals surface area (Å²) < 4.78 is 0. The quantitative estimate of drug-likeness (QED) is 0.885. The molecule has 3 heteroatoms. The van der Waals surface area contributed by atoms with Crippen LogP contribution in [0.4, 0.5) is 0 Å². The Labute approximate surface area is 112 Å². The zero-order valence-electron chi connectivity index (χ0n) is 10.9. The first-order valence-electron chi connectivity index (χ1n) is 6.43. The summed E-state index contributed by atoms with van der Waals surface area (Å²) >= 11 is 0. The summed E-state index contributed by atoms with van der Waals surface area (Å²) in [6.07, 6.45) is 4.55. The van der Waals surface area contributed by atoms with Crippen LogP contribution in [-0.4, -0.2) is 16.1 Å². The van der Waals surface area contributed by atoms with Crippen LogP contribution in [0, 0.1) is 0 Å². The van der Waals surface area contributed by atoms with Crippen molar-refractivity contribution in [2.45, 2.75) is 25.7 Å². The topological polar surface area (TPSA) is 50.2 Å². The number of carbonyl (C=O) groups is 1. The molecule has 1 unspecified atom stereocenters. The average Bonchev–Trinajstić information content (AvgIpc) is 2.46. The maximum atomic E-state index is 10.8. The second kappa shape index (κ2) is 6.14. The Hall–Kier alpha value is -2.16. The maximum absolute atomic E-state index is 10.8. The Morgan fingerprint density at radius 3 is 2.21 bits per heavy atom. The molecule has 0 radical (unpaired) electrons. The van der Waals surface area contributed by atoms with Crippen LogP contribution < -0.4 is 0 Å². The minimum absolute atomic E-state index is 0.0870. The van der Waals surface area contributed by atoms with Crippen molar-refractivity contribution >= 4 is 5.97 Å². The molecule has 1 aromatic heterocycles. The van der Waals surface area contributed by atoms with Crippen LogP contribution in [0.2, 0.25) is 0 Å². The predicted molar refractivity (Wildman–Crippen MR) is 75.0 cm³/mol. The first kappa shape index (κ1) is 13.3. The zero-order valence-corrected chi connectivity index (χ0v) is 10.9. The first-order valence-corrected chi connectivity index (χ1v) is 6.43. The fourth-order valence-corrected chi connectivity index (χ4v) is 2.20. The van der Waals surface area contributed by atoms with Gasteiger partial charge in [0, 0.05) is 12.4 Å². The first-order chi connectivity index (χ1) is 9.20. The van der Waals surface area contributed by atoms with Crippen molar-refractivity contribution < 1.29 is 9.90 Å². The highest BCUT2D eigenvalue weighted by Crippen LogP contribution is 2.26. The number of hydrogen-bond acceptors (Lipinski definition) is 2. The van der Waals surface area contributed by atoms with Crippen LogP contribution in [0.5, 0.6) is 0 Å². The summed E-state index contributed by atoms with van der Waals surface area (Å²) in [6, 6.07) is 12.0. The SMILES string of the molecule is CCC(CC(=O)O)c1ccc(-c2ccncc2)cc1. The molecule has 0 saturated heterocycles. The van der Waals surface area contributed by atoms with Gasteiger partial charge in [-0.05, 0) is 41.2 Å². The van der Waals surface area contributed by atoms with Crippen molar-refractivity contribution in [3.63, 3.8) is 0 Å². The number of rotatable bonds is 5. The summed E-state index contributed by atoms with van der Waals surface area (Å²) in [4.78, 5) is 14.8. The van der Waals surface area contributed by atoms with E-state index < -0.39 is 5.97 Å². The lowest BCUT2D eigenvalue weighted by Gasteiger charge is -2.13. The Kier molecular flexibility index (Phi) is 4.29. The van der Waals surface area contributed by atoms with E-state index in [1.165, 1.54) is 0 Å². The lowest BCUT2D eigenvalue weighted by Crippen LogP contribution is -2.05. The van der Waals surface area contributed by atoms with E-state index in [1.807, 2.05) is 43.3 Å². The molecule has 0 saturated carbocycles. The molecule has 2 rings (SSSR count). The molecule has 1 atom stereocenters. The van der Waals surface area contributed by atoms with Crippen LogP contribution in [-0.2, 0) is 4.79 Å². The van der Waals surface area contributed by atoms with Gasteiger partial charge in [0.1, 0.15) is 0 Å². The van der Waals surface area contributed by atoms with Crippen molar-refractivity contribution in [1.82, 2.24) is 4.98 Å². The Morgan fingerprint density at radius 1 is 1.11 bits per heavy atom. The highest BCUT2D eigenvalue weighted by atomic mass is 16.4. The zero-order chi connectivity index (χ0) is 13.7. The summed E-state index contributed by atoms with van der Waals surface area (Å²) in [5.74, 6) is -0.658. The minimum Gasteiger partial charge on any atom is -0.481 e. The molecule has 0 amide bonds. The molecule has 0 bridgehead atoms. The molecule has 1 heterocycles. The van der Waals surface area contributed by atoms with Gasteiger partial charge in [0.15, 0.2) is 0 Å². The molecule has 19 heavy (non-hydrogen) atoms. The molecule has 3 nitrogen and oxygen atoms in total. The highest BCUT2D eigenvalue weighted by molar-refractivity contribution is 5.68. The van der Waals surface area contributed by atoms with Gasteiger partial charge in [-0.1, -0.05) is 31.2 Å². The molecule has 0 spiro atoms. The largest absolute Gasteiger partial charge is 0.481 e. The summed E-state index contributed by atoms with van der Waals surface area (Å²) in [5.41, 5.74) is 3.33. The van der Waals surface area contributed by atoms with Crippen molar-refractivity contribution in [3.05, 3.63) is 54.4 Å². The van der Waals surface area contributed by atoms with Gasteiger partial charge in [0.2, 0.25) is 0 Å².